The number of aliphatic hydroxyl groups excluding tert-OH is 1. The molecule has 0 aliphatic carbocycles. The highest BCUT2D eigenvalue weighted by Gasteiger charge is 2.16. The Morgan fingerprint density at radius 3 is 2.00 bits per heavy atom. The second-order valence-electron chi connectivity index (χ2n) is 10.5. The number of aliphatic hydroxyl groups is 1. The first-order valence-corrected chi connectivity index (χ1v) is 14.7. The lowest BCUT2D eigenvalue weighted by Crippen LogP contribution is -2.29. The third-order valence-electron chi connectivity index (χ3n) is 7.15. The van der Waals surface area contributed by atoms with Crippen LogP contribution in [0.15, 0.2) is 109 Å². The lowest BCUT2D eigenvalue weighted by molar-refractivity contribution is 0.106. The van der Waals surface area contributed by atoms with Crippen LogP contribution in [0.3, 0.4) is 0 Å². The summed E-state index contributed by atoms with van der Waals surface area (Å²) in [6, 6.07) is 35.1. The van der Waals surface area contributed by atoms with Crippen molar-refractivity contribution >= 4 is 0 Å². The van der Waals surface area contributed by atoms with Gasteiger partial charge in [0.15, 0.2) is 11.6 Å². The molecule has 4 aromatic rings. The molecule has 1 N–H and O–H groups in total. The number of benzene rings is 4. The highest BCUT2D eigenvalue weighted by atomic mass is 19.1. The van der Waals surface area contributed by atoms with Gasteiger partial charge in [0, 0.05) is 19.7 Å². The zero-order valence-corrected chi connectivity index (χ0v) is 23.8. The highest BCUT2D eigenvalue weighted by Crippen LogP contribution is 2.24. The third-order valence-corrected chi connectivity index (χ3v) is 7.15. The van der Waals surface area contributed by atoms with Gasteiger partial charge in [-0.2, -0.15) is 0 Å². The molecule has 0 aliphatic heterocycles. The van der Waals surface area contributed by atoms with Gasteiger partial charge in [-0.15, -0.1) is 0 Å². The maximum Gasteiger partial charge on any atom is 0.165 e. The molecule has 0 saturated carbocycles. The number of ether oxygens (including phenoxy) is 2. The Morgan fingerprint density at radius 2 is 1.32 bits per heavy atom. The topological polar surface area (TPSA) is 41.9 Å². The Balaban J connectivity index is 1.21. The number of hydrogen-bond donors (Lipinski definition) is 1. The van der Waals surface area contributed by atoms with Crippen LogP contribution in [0.1, 0.15) is 54.0 Å². The van der Waals surface area contributed by atoms with Crippen LogP contribution < -0.4 is 4.74 Å². The molecule has 0 amide bonds. The molecule has 4 rings (SSSR count). The van der Waals surface area contributed by atoms with Crippen molar-refractivity contribution < 1.29 is 19.0 Å². The molecule has 0 fully saturated rings. The first kappa shape index (κ1) is 30.4. The summed E-state index contributed by atoms with van der Waals surface area (Å²) >= 11 is 0. The Morgan fingerprint density at radius 1 is 0.683 bits per heavy atom. The van der Waals surface area contributed by atoms with Crippen LogP contribution in [-0.2, 0) is 24.3 Å². The fourth-order valence-corrected chi connectivity index (χ4v) is 4.83. The van der Waals surface area contributed by atoms with Crippen LogP contribution in [0, 0.1) is 5.82 Å². The molecular weight excluding hydrogens is 513 g/mol. The molecule has 0 spiro atoms. The van der Waals surface area contributed by atoms with Crippen molar-refractivity contribution in [3.8, 4) is 5.75 Å². The van der Waals surface area contributed by atoms with Crippen LogP contribution >= 0.6 is 0 Å². The number of hydrogen-bond acceptors (Lipinski definition) is 4. The summed E-state index contributed by atoms with van der Waals surface area (Å²) in [5.74, 6) is -0.270. The Kier molecular flexibility index (Phi) is 12.9. The molecule has 0 heterocycles. The molecule has 4 nitrogen and oxygen atoms in total. The van der Waals surface area contributed by atoms with Crippen LogP contribution in [0.4, 0.5) is 4.39 Å². The van der Waals surface area contributed by atoms with Gasteiger partial charge in [-0.1, -0.05) is 110 Å². The maximum atomic E-state index is 14.8. The predicted octanol–water partition coefficient (Wildman–Crippen LogP) is 7.76. The molecule has 1 atom stereocenters. The zero-order chi connectivity index (χ0) is 28.5. The minimum absolute atomic E-state index is 0.190. The second-order valence-corrected chi connectivity index (χ2v) is 10.5. The van der Waals surface area contributed by atoms with Gasteiger partial charge in [-0.25, -0.2) is 4.39 Å². The molecule has 0 bridgehead atoms. The first-order chi connectivity index (χ1) is 20.2. The van der Waals surface area contributed by atoms with E-state index in [1.165, 1.54) is 17.2 Å². The van der Waals surface area contributed by atoms with Crippen molar-refractivity contribution in [1.82, 2.24) is 4.90 Å². The number of nitrogens with zero attached hydrogens (tertiary/aromatic N) is 1. The molecule has 5 heteroatoms. The van der Waals surface area contributed by atoms with Gasteiger partial charge in [0.05, 0.1) is 12.7 Å². The average molecular weight is 556 g/mol. The van der Waals surface area contributed by atoms with Crippen molar-refractivity contribution in [3.63, 3.8) is 0 Å². The van der Waals surface area contributed by atoms with Crippen molar-refractivity contribution in [3.05, 3.63) is 137 Å². The normalized spacial score (nSPS) is 12.0. The van der Waals surface area contributed by atoms with Gasteiger partial charge in [-0.05, 0) is 60.2 Å². The molecule has 0 radical (unpaired) electrons. The van der Waals surface area contributed by atoms with Crippen molar-refractivity contribution in [1.29, 1.82) is 0 Å². The van der Waals surface area contributed by atoms with E-state index in [-0.39, 0.29) is 5.75 Å². The SMILES string of the molecule is OC(CN(CCCCCCOCCc1ccccc1)Cc1ccccc1)c1ccc(OCc2ccccc2)c(F)c1. The van der Waals surface area contributed by atoms with Gasteiger partial charge in [-0.3, -0.25) is 4.90 Å². The fourth-order valence-electron chi connectivity index (χ4n) is 4.83. The standard InChI is InChI=1S/C36H42FNO3/c37-34-26-33(20-21-36(34)41-29-32-18-10-5-11-19-32)35(39)28-38(27-31-16-8-4-9-17-31)23-12-1-2-13-24-40-25-22-30-14-6-3-7-15-30/h3-11,14-21,26,35,39H,1-2,12-13,22-25,27-29H2. The lowest BCUT2D eigenvalue weighted by atomic mass is 10.1. The van der Waals surface area contributed by atoms with Gasteiger partial charge < -0.3 is 14.6 Å². The van der Waals surface area contributed by atoms with E-state index in [1.807, 2.05) is 54.6 Å². The monoisotopic (exact) mass is 555 g/mol. The van der Waals surface area contributed by atoms with Crippen molar-refractivity contribution in [2.24, 2.45) is 0 Å². The molecule has 4 aromatic carbocycles. The predicted molar refractivity (Wildman–Crippen MR) is 163 cm³/mol. The number of halogens is 1. The Labute approximate surface area is 244 Å². The van der Waals surface area contributed by atoms with E-state index < -0.39 is 11.9 Å². The van der Waals surface area contributed by atoms with E-state index in [9.17, 15) is 9.50 Å². The second kappa shape index (κ2) is 17.3. The van der Waals surface area contributed by atoms with Crippen LogP contribution in [0.25, 0.3) is 0 Å². The van der Waals surface area contributed by atoms with E-state index in [0.717, 1.165) is 64.0 Å². The fraction of sp³-hybridized carbons (Fsp3) is 0.333. The number of unbranched alkanes of at least 4 members (excludes halogenated alkanes) is 3. The van der Waals surface area contributed by atoms with E-state index >= 15 is 0 Å². The van der Waals surface area contributed by atoms with E-state index in [0.29, 0.717) is 18.7 Å². The summed E-state index contributed by atoms with van der Waals surface area (Å²) in [5.41, 5.74) is 4.04. The van der Waals surface area contributed by atoms with Gasteiger partial charge in [0.25, 0.3) is 0 Å². The maximum absolute atomic E-state index is 14.8. The van der Waals surface area contributed by atoms with Crippen LogP contribution in [0.2, 0.25) is 0 Å². The molecular formula is C36H42FNO3. The molecule has 1 unspecified atom stereocenters. The molecule has 0 saturated heterocycles. The van der Waals surface area contributed by atoms with Gasteiger partial charge in [0.1, 0.15) is 6.61 Å². The Hall–Kier alpha value is -3.51. The summed E-state index contributed by atoms with van der Waals surface area (Å²) in [5, 5.41) is 11.0. The molecule has 41 heavy (non-hydrogen) atoms. The third kappa shape index (κ3) is 11.1. The molecule has 0 aliphatic rings. The summed E-state index contributed by atoms with van der Waals surface area (Å²) in [4.78, 5) is 2.26. The summed E-state index contributed by atoms with van der Waals surface area (Å²) in [7, 11) is 0. The summed E-state index contributed by atoms with van der Waals surface area (Å²) < 4.78 is 26.3. The summed E-state index contributed by atoms with van der Waals surface area (Å²) in [6.07, 6.45) is 4.45. The zero-order valence-electron chi connectivity index (χ0n) is 23.8. The van der Waals surface area contributed by atoms with Gasteiger partial charge in [0.2, 0.25) is 0 Å². The van der Waals surface area contributed by atoms with E-state index in [2.05, 4.69) is 41.3 Å². The van der Waals surface area contributed by atoms with Gasteiger partial charge >= 0.3 is 0 Å². The smallest absolute Gasteiger partial charge is 0.165 e. The van der Waals surface area contributed by atoms with Crippen molar-refractivity contribution in [2.45, 2.75) is 51.4 Å². The molecule has 216 valence electrons. The average Bonchev–Trinajstić information content (AvgIpc) is 3.01. The minimum Gasteiger partial charge on any atom is -0.486 e. The quantitative estimate of drug-likeness (QED) is 0.127. The van der Waals surface area contributed by atoms with Crippen molar-refractivity contribution in [2.75, 3.05) is 26.3 Å². The van der Waals surface area contributed by atoms with E-state index in [4.69, 9.17) is 9.47 Å². The molecule has 0 aromatic heterocycles. The lowest BCUT2D eigenvalue weighted by Gasteiger charge is -2.25. The number of rotatable bonds is 18. The first-order valence-electron chi connectivity index (χ1n) is 14.7. The Bertz CT molecular complexity index is 1250. The van der Waals surface area contributed by atoms with E-state index in [1.54, 1.807) is 12.1 Å². The largest absolute Gasteiger partial charge is 0.486 e. The van der Waals surface area contributed by atoms with Crippen LogP contribution in [-0.4, -0.2) is 36.3 Å². The minimum atomic E-state index is -0.797. The summed E-state index contributed by atoms with van der Waals surface area (Å²) in [6.45, 7) is 3.87. The van der Waals surface area contributed by atoms with Crippen LogP contribution in [0.5, 0.6) is 5.75 Å². The highest BCUT2D eigenvalue weighted by molar-refractivity contribution is 5.31.